The molecular weight excluding hydrogens is 364 g/mol. The van der Waals surface area contributed by atoms with E-state index in [1.807, 2.05) is 30.3 Å². The second-order valence-electron chi connectivity index (χ2n) is 7.64. The van der Waals surface area contributed by atoms with Crippen LogP contribution in [0.2, 0.25) is 0 Å². The number of benzene rings is 1. The van der Waals surface area contributed by atoms with E-state index in [0.29, 0.717) is 18.4 Å². The number of hydrogen-bond acceptors (Lipinski definition) is 6. The second kappa shape index (κ2) is 8.53. The molecule has 150 valence electrons. The van der Waals surface area contributed by atoms with Crippen LogP contribution in [0.25, 0.3) is 22.3 Å². The fourth-order valence-corrected chi connectivity index (χ4v) is 3.57. The Bertz CT molecular complexity index is 983. The van der Waals surface area contributed by atoms with Crippen LogP contribution in [-0.4, -0.2) is 70.4 Å². The highest BCUT2D eigenvalue weighted by molar-refractivity contribution is 5.90. The lowest BCUT2D eigenvalue weighted by molar-refractivity contribution is -0.130. The van der Waals surface area contributed by atoms with Gasteiger partial charge in [0.05, 0.1) is 12.1 Å². The second-order valence-corrected chi connectivity index (χ2v) is 7.64. The van der Waals surface area contributed by atoms with Crippen LogP contribution in [0, 0.1) is 0 Å². The van der Waals surface area contributed by atoms with E-state index in [1.165, 1.54) is 0 Å². The number of amides is 1. The van der Waals surface area contributed by atoms with Crippen molar-refractivity contribution in [2.45, 2.75) is 18.9 Å². The summed E-state index contributed by atoms with van der Waals surface area (Å²) < 4.78 is 0. The minimum Gasteiger partial charge on any atom is -0.367 e. The molecule has 0 aliphatic carbocycles. The lowest BCUT2D eigenvalue weighted by Crippen LogP contribution is -2.44. The van der Waals surface area contributed by atoms with Gasteiger partial charge in [0, 0.05) is 56.6 Å². The molecule has 7 nitrogen and oxygen atoms in total. The number of fused-ring (bicyclic) bond motifs is 1. The number of rotatable bonds is 5. The number of nitrogens with zero attached hydrogens (tertiary/aromatic N) is 5. The summed E-state index contributed by atoms with van der Waals surface area (Å²) in [5, 5.41) is 4.66. The van der Waals surface area contributed by atoms with Crippen molar-refractivity contribution in [3.05, 3.63) is 48.8 Å². The SMILES string of the molecule is CN(C)C(=O)CN1CCC(Nc2nc(-c3cccnc3)nc3ccccc23)CC1. The number of anilines is 1. The molecule has 1 N–H and O–H groups in total. The van der Waals surface area contributed by atoms with Crippen molar-refractivity contribution >= 4 is 22.6 Å². The molecule has 1 amide bonds. The minimum atomic E-state index is 0.152. The number of hydrogen-bond donors (Lipinski definition) is 1. The van der Waals surface area contributed by atoms with E-state index in [1.54, 1.807) is 31.4 Å². The van der Waals surface area contributed by atoms with E-state index in [-0.39, 0.29) is 5.91 Å². The third kappa shape index (κ3) is 4.51. The molecule has 7 heteroatoms. The monoisotopic (exact) mass is 390 g/mol. The van der Waals surface area contributed by atoms with E-state index in [9.17, 15) is 4.79 Å². The van der Waals surface area contributed by atoms with Gasteiger partial charge in [-0.2, -0.15) is 0 Å². The van der Waals surface area contributed by atoms with Crippen molar-refractivity contribution < 1.29 is 4.79 Å². The number of likely N-dealkylation sites (tertiary alicyclic amines) is 1. The Morgan fingerprint density at radius 1 is 1.14 bits per heavy atom. The van der Waals surface area contributed by atoms with Crippen molar-refractivity contribution in [2.24, 2.45) is 0 Å². The fraction of sp³-hybridized carbons (Fsp3) is 0.364. The molecular formula is C22H26N6O. The predicted molar refractivity (Wildman–Crippen MR) is 115 cm³/mol. The summed E-state index contributed by atoms with van der Waals surface area (Å²) in [5.41, 5.74) is 1.82. The molecule has 4 rings (SSSR count). The van der Waals surface area contributed by atoms with Gasteiger partial charge in [0.1, 0.15) is 5.82 Å². The number of carbonyl (C=O) groups is 1. The smallest absolute Gasteiger partial charge is 0.236 e. The van der Waals surface area contributed by atoms with Gasteiger partial charge >= 0.3 is 0 Å². The summed E-state index contributed by atoms with van der Waals surface area (Å²) in [7, 11) is 3.60. The molecule has 0 bridgehead atoms. The zero-order valence-corrected chi connectivity index (χ0v) is 16.9. The molecule has 0 radical (unpaired) electrons. The van der Waals surface area contributed by atoms with E-state index in [2.05, 4.69) is 21.3 Å². The maximum atomic E-state index is 11.9. The molecule has 3 aromatic rings. The quantitative estimate of drug-likeness (QED) is 0.722. The predicted octanol–water partition coefficient (Wildman–Crippen LogP) is 2.66. The molecule has 1 aliphatic rings. The Labute approximate surface area is 170 Å². The highest BCUT2D eigenvalue weighted by atomic mass is 16.2. The summed E-state index contributed by atoms with van der Waals surface area (Å²) in [4.78, 5) is 29.6. The molecule has 1 fully saturated rings. The number of carbonyl (C=O) groups excluding carboxylic acids is 1. The Morgan fingerprint density at radius 3 is 2.66 bits per heavy atom. The largest absolute Gasteiger partial charge is 0.367 e. The summed E-state index contributed by atoms with van der Waals surface area (Å²) in [6, 6.07) is 12.3. The van der Waals surface area contributed by atoms with Crippen molar-refractivity contribution in [1.29, 1.82) is 0 Å². The molecule has 0 atom stereocenters. The first-order valence-electron chi connectivity index (χ1n) is 9.96. The molecule has 3 heterocycles. The van der Waals surface area contributed by atoms with Crippen LogP contribution >= 0.6 is 0 Å². The van der Waals surface area contributed by atoms with Crippen molar-refractivity contribution in [3.63, 3.8) is 0 Å². The Kier molecular flexibility index (Phi) is 5.67. The van der Waals surface area contributed by atoms with Crippen LogP contribution in [0.1, 0.15) is 12.8 Å². The van der Waals surface area contributed by atoms with Gasteiger partial charge in [-0.25, -0.2) is 9.97 Å². The molecule has 0 saturated carbocycles. The maximum absolute atomic E-state index is 11.9. The summed E-state index contributed by atoms with van der Waals surface area (Å²) in [6.45, 7) is 2.28. The summed E-state index contributed by atoms with van der Waals surface area (Å²) in [5.74, 6) is 1.69. The summed E-state index contributed by atoms with van der Waals surface area (Å²) in [6.07, 6.45) is 5.48. The zero-order valence-electron chi connectivity index (χ0n) is 16.9. The highest BCUT2D eigenvalue weighted by Crippen LogP contribution is 2.26. The number of likely N-dealkylation sites (N-methyl/N-ethyl adjacent to an activating group) is 1. The first-order valence-corrected chi connectivity index (χ1v) is 9.96. The molecule has 1 aliphatic heterocycles. The standard InChI is InChI=1S/C22H26N6O/c1-27(2)20(29)15-28-12-9-17(10-13-28)24-22-18-7-3-4-8-19(18)25-21(26-22)16-6-5-11-23-14-16/h3-8,11,14,17H,9-10,12-13,15H2,1-2H3,(H,24,25,26). The van der Waals surface area contributed by atoms with Gasteiger partial charge in [0.2, 0.25) is 5.91 Å². The Balaban J connectivity index is 1.52. The third-order valence-electron chi connectivity index (χ3n) is 5.31. The lowest BCUT2D eigenvalue weighted by Gasteiger charge is -2.32. The number of pyridine rings is 1. The highest BCUT2D eigenvalue weighted by Gasteiger charge is 2.22. The van der Waals surface area contributed by atoms with Crippen LogP contribution in [0.5, 0.6) is 0 Å². The first kappa shape index (κ1) is 19.3. The summed E-state index contributed by atoms with van der Waals surface area (Å²) >= 11 is 0. The van der Waals surface area contributed by atoms with Gasteiger partial charge in [0.15, 0.2) is 5.82 Å². The molecule has 2 aromatic heterocycles. The number of nitrogens with one attached hydrogen (secondary N) is 1. The van der Waals surface area contributed by atoms with Gasteiger partial charge in [0.25, 0.3) is 0 Å². The van der Waals surface area contributed by atoms with Crippen molar-refractivity contribution in [1.82, 2.24) is 24.8 Å². The average Bonchev–Trinajstić information content (AvgIpc) is 2.75. The van der Waals surface area contributed by atoms with Crippen molar-refractivity contribution in [3.8, 4) is 11.4 Å². The van der Waals surface area contributed by atoms with Crippen LogP contribution in [0.4, 0.5) is 5.82 Å². The van der Waals surface area contributed by atoms with Gasteiger partial charge in [-0.3, -0.25) is 14.7 Å². The number of piperidine rings is 1. The molecule has 29 heavy (non-hydrogen) atoms. The zero-order chi connectivity index (χ0) is 20.2. The minimum absolute atomic E-state index is 0.152. The maximum Gasteiger partial charge on any atom is 0.236 e. The van der Waals surface area contributed by atoms with Gasteiger partial charge in [-0.05, 0) is 37.1 Å². The van der Waals surface area contributed by atoms with Crippen LogP contribution < -0.4 is 5.32 Å². The van der Waals surface area contributed by atoms with Crippen LogP contribution in [0.15, 0.2) is 48.8 Å². The normalized spacial score (nSPS) is 15.4. The first-order chi connectivity index (χ1) is 14.1. The topological polar surface area (TPSA) is 74.2 Å². The Morgan fingerprint density at radius 2 is 1.93 bits per heavy atom. The van der Waals surface area contributed by atoms with Gasteiger partial charge in [-0.1, -0.05) is 12.1 Å². The molecule has 1 aromatic carbocycles. The van der Waals surface area contributed by atoms with E-state index >= 15 is 0 Å². The van der Waals surface area contributed by atoms with E-state index in [0.717, 1.165) is 48.2 Å². The van der Waals surface area contributed by atoms with E-state index in [4.69, 9.17) is 9.97 Å². The average molecular weight is 390 g/mol. The van der Waals surface area contributed by atoms with Gasteiger partial charge < -0.3 is 10.2 Å². The van der Waals surface area contributed by atoms with E-state index < -0.39 is 0 Å². The van der Waals surface area contributed by atoms with Crippen LogP contribution in [-0.2, 0) is 4.79 Å². The molecule has 0 spiro atoms. The third-order valence-corrected chi connectivity index (χ3v) is 5.31. The van der Waals surface area contributed by atoms with Crippen LogP contribution in [0.3, 0.4) is 0 Å². The fourth-order valence-electron chi connectivity index (χ4n) is 3.57. The van der Waals surface area contributed by atoms with Crippen molar-refractivity contribution in [2.75, 3.05) is 39.0 Å². The molecule has 1 saturated heterocycles. The van der Waals surface area contributed by atoms with Gasteiger partial charge in [-0.15, -0.1) is 0 Å². The number of aromatic nitrogens is 3. The molecule has 0 unspecified atom stereocenters. The Hall–Kier alpha value is -3.06. The lowest BCUT2D eigenvalue weighted by atomic mass is 10.0. The number of para-hydroxylation sites is 1.